The topological polar surface area (TPSA) is 114 Å². The number of anilines is 2. The molecule has 0 bridgehead atoms. The molecule has 0 radical (unpaired) electrons. The highest BCUT2D eigenvalue weighted by Crippen LogP contribution is 2.38. The number of piperazine rings is 1. The van der Waals surface area contributed by atoms with E-state index in [0.29, 0.717) is 28.8 Å². The van der Waals surface area contributed by atoms with E-state index in [-0.39, 0.29) is 53.4 Å². The van der Waals surface area contributed by atoms with E-state index in [9.17, 15) is 19.2 Å². The van der Waals surface area contributed by atoms with E-state index in [1.807, 2.05) is 39.8 Å². The van der Waals surface area contributed by atoms with Gasteiger partial charge in [-0.05, 0) is 51.6 Å². The smallest absolute Gasteiger partial charge is 0.324 e. The fraction of sp³-hybridized carbons (Fsp3) is 0.500. The predicted octanol–water partition coefficient (Wildman–Crippen LogP) is 4.74. The lowest BCUT2D eigenvalue weighted by Crippen LogP contribution is -2.65. The number of carbonyl (C=O) groups is 4. The molecule has 41 heavy (non-hydrogen) atoms. The van der Waals surface area contributed by atoms with Gasteiger partial charge in [0.25, 0.3) is 5.91 Å². The van der Waals surface area contributed by atoms with Gasteiger partial charge in [-0.15, -0.1) is 11.3 Å². The lowest BCUT2D eigenvalue weighted by molar-refractivity contribution is -0.149. The lowest BCUT2D eigenvalue weighted by Gasteiger charge is -2.45. The number of halogens is 2. The molecule has 1 fully saturated rings. The third-order valence-corrected chi connectivity index (χ3v) is 8.96. The van der Waals surface area contributed by atoms with Crippen molar-refractivity contribution in [1.29, 1.82) is 0 Å². The van der Waals surface area contributed by atoms with Crippen LogP contribution in [0.15, 0.2) is 24.3 Å². The molecule has 1 aliphatic heterocycles. The van der Waals surface area contributed by atoms with E-state index in [1.165, 1.54) is 21.1 Å². The summed E-state index contributed by atoms with van der Waals surface area (Å²) in [6.07, 6.45) is 0. The van der Waals surface area contributed by atoms with Gasteiger partial charge in [-0.1, -0.05) is 50.0 Å². The van der Waals surface area contributed by atoms with Crippen molar-refractivity contribution in [2.75, 3.05) is 57.5 Å². The molecule has 10 nitrogen and oxygen atoms in total. The van der Waals surface area contributed by atoms with Crippen molar-refractivity contribution in [1.82, 2.24) is 20.0 Å². The van der Waals surface area contributed by atoms with Crippen molar-refractivity contribution < 1.29 is 19.2 Å². The van der Waals surface area contributed by atoms with Gasteiger partial charge in [-0.25, -0.2) is 4.79 Å². The van der Waals surface area contributed by atoms with Crippen LogP contribution in [0.3, 0.4) is 0 Å². The summed E-state index contributed by atoms with van der Waals surface area (Å²) in [5.74, 6) is -0.962. The molecule has 2 heterocycles. The number of carbonyl (C=O) groups excluding carboxylic acids is 4. The Labute approximate surface area is 255 Å². The van der Waals surface area contributed by atoms with Crippen LogP contribution in [0.1, 0.15) is 49.9 Å². The molecule has 224 valence electrons. The molecular weight excluding hydrogens is 587 g/mol. The standard InChI is InChI=1S/C28H38Cl2N6O4S/c1-27(2,3)20-15-17(23(41-20)33-26(40)32-19-10-8-9-18(29)22(19)30)24(38)36-14-13-35(25(39)28(36,4)5)16-21(37)31-11-12-34(6)7/h8-10,15H,11-14,16H2,1-7H3,(H,31,37)(H2,32,33,40). The van der Waals surface area contributed by atoms with Crippen molar-refractivity contribution in [3.63, 3.8) is 0 Å². The zero-order valence-electron chi connectivity index (χ0n) is 24.5. The summed E-state index contributed by atoms with van der Waals surface area (Å²) in [6, 6.07) is 6.06. The van der Waals surface area contributed by atoms with Crippen molar-refractivity contribution >= 4 is 69.0 Å². The van der Waals surface area contributed by atoms with E-state index >= 15 is 0 Å². The molecule has 13 heteroatoms. The summed E-state index contributed by atoms with van der Waals surface area (Å²) >= 11 is 13.6. The Hall–Kier alpha value is -2.86. The third-order valence-electron chi connectivity index (χ3n) is 6.67. The average molecular weight is 626 g/mol. The number of benzene rings is 1. The zero-order chi connectivity index (χ0) is 30.7. The minimum absolute atomic E-state index is 0.0800. The maximum atomic E-state index is 14.0. The van der Waals surface area contributed by atoms with Crippen LogP contribution in [0.5, 0.6) is 0 Å². The minimum atomic E-state index is -1.21. The predicted molar refractivity (Wildman–Crippen MR) is 165 cm³/mol. The third kappa shape index (κ3) is 7.91. The monoisotopic (exact) mass is 624 g/mol. The van der Waals surface area contributed by atoms with Crippen LogP contribution < -0.4 is 16.0 Å². The van der Waals surface area contributed by atoms with Gasteiger partial charge in [0.05, 0.1) is 27.8 Å². The van der Waals surface area contributed by atoms with E-state index in [1.54, 1.807) is 38.1 Å². The normalized spacial score (nSPS) is 15.2. The van der Waals surface area contributed by atoms with Crippen LogP contribution in [0, 0.1) is 0 Å². The molecule has 1 aliphatic rings. The first kappa shape index (κ1) is 32.7. The molecule has 0 aliphatic carbocycles. The highest BCUT2D eigenvalue weighted by Gasteiger charge is 2.45. The van der Waals surface area contributed by atoms with Crippen LogP contribution in [0.4, 0.5) is 15.5 Å². The quantitative estimate of drug-likeness (QED) is 0.393. The molecule has 0 spiro atoms. The maximum Gasteiger partial charge on any atom is 0.324 e. The molecule has 1 aromatic heterocycles. The molecule has 3 rings (SSSR count). The van der Waals surface area contributed by atoms with Crippen molar-refractivity contribution in [2.24, 2.45) is 0 Å². The van der Waals surface area contributed by atoms with Gasteiger partial charge in [-0.3, -0.25) is 19.7 Å². The van der Waals surface area contributed by atoms with Gasteiger partial charge in [0, 0.05) is 31.1 Å². The van der Waals surface area contributed by atoms with Gasteiger partial charge >= 0.3 is 6.03 Å². The lowest BCUT2D eigenvalue weighted by atomic mass is 9.93. The second-order valence-corrected chi connectivity index (χ2v) is 13.5. The average Bonchev–Trinajstić information content (AvgIpc) is 3.28. The van der Waals surface area contributed by atoms with Gasteiger partial charge in [0.1, 0.15) is 10.5 Å². The number of urea groups is 1. The number of hydrogen-bond donors (Lipinski definition) is 3. The van der Waals surface area contributed by atoms with Crippen molar-refractivity contribution in [3.05, 3.63) is 44.8 Å². The summed E-state index contributed by atoms with van der Waals surface area (Å²) in [5, 5.41) is 9.13. The van der Waals surface area contributed by atoms with Gasteiger partial charge in [-0.2, -0.15) is 0 Å². The number of amides is 5. The number of likely N-dealkylation sites (N-methyl/N-ethyl adjacent to an activating group) is 1. The largest absolute Gasteiger partial charge is 0.353 e. The number of nitrogens with one attached hydrogen (secondary N) is 3. The molecule has 0 unspecified atom stereocenters. The fourth-order valence-corrected chi connectivity index (χ4v) is 5.72. The van der Waals surface area contributed by atoms with Crippen LogP contribution in [0.2, 0.25) is 10.0 Å². The molecular formula is C28H38Cl2N6O4S. The summed E-state index contributed by atoms with van der Waals surface area (Å²) in [4.78, 5) is 58.6. The zero-order valence-corrected chi connectivity index (χ0v) is 26.8. The van der Waals surface area contributed by atoms with E-state index in [4.69, 9.17) is 23.2 Å². The number of rotatable bonds is 8. The molecule has 0 saturated carbocycles. The number of nitrogens with zero attached hydrogens (tertiary/aromatic N) is 3. The molecule has 3 N–H and O–H groups in total. The molecule has 0 atom stereocenters. The first-order valence-electron chi connectivity index (χ1n) is 13.2. The van der Waals surface area contributed by atoms with Crippen molar-refractivity contribution in [2.45, 2.75) is 45.6 Å². The molecule has 2 aromatic rings. The molecule has 1 aromatic carbocycles. The highest BCUT2D eigenvalue weighted by atomic mass is 35.5. The van der Waals surface area contributed by atoms with Crippen LogP contribution >= 0.6 is 34.5 Å². The van der Waals surface area contributed by atoms with Gasteiger partial charge in [0.15, 0.2) is 0 Å². The SMILES string of the molecule is CN(C)CCNC(=O)CN1CCN(C(=O)c2cc(C(C)(C)C)sc2NC(=O)Nc2cccc(Cl)c2Cl)C(C)(C)C1=O. The highest BCUT2D eigenvalue weighted by molar-refractivity contribution is 7.16. The van der Waals surface area contributed by atoms with Crippen LogP contribution in [-0.2, 0) is 15.0 Å². The first-order chi connectivity index (χ1) is 19.0. The van der Waals surface area contributed by atoms with E-state index in [0.717, 1.165) is 4.88 Å². The van der Waals surface area contributed by atoms with Crippen LogP contribution in [0.25, 0.3) is 0 Å². The van der Waals surface area contributed by atoms with Gasteiger partial charge in [0.2, 0.25) is 11.8 Å². The van der Waals surface area contributed by atoms with E-state index in [2.05, 4.69) is 16.0 Å². The first-order valence-corrected chi connectivity index (χ1v) is 14.8. The van der Waals surface area contributed by atoms with Gasteiger partial charge < -0.3 is 25.3 Å². The Morgan fingerprint density at radius 1 is 1.10 bits per heavy atom. The minimum Gasteiger partial charge on any atom is -0.353 e. The Morgan fingerprint density at radius 3 is 2.41 bits per heavy atom. The number of thiophene rings is 1. The second-order valence-electron chi connectivity index (χ2n) is 11.7. The summed E-state index contributed by atoms with van der Waals surface area (Å²) in [5.41, 5.74) is -0.901. The second kappa shape index (κ2) is 13.0. The molecule has 1 saturated heterocycles. The number of hydrogen-bond acceptors (Lipinski definition) is 6. The Kier molecular flexibility index (Phi) is 10.3. The fourth-order valence-electron chi connectivity index (χ4n) is 4.27. The Balaban J connectivity index is 1.80. The van der Waals surface area contributed by atoms with E-state index < -0.39 is 11.6 Å². The summed E-state index contributed by atoms with van der Waals surface area (Å²) in [6.45, 7) is 10.9. The Bertz CT molecular complexity index is 1320. The molecule has 5 amide bonds. The summed E-state index contributed by atoms with van der Waals surface area (Å²) < 4.78 is 0. The van der Waals surface area contributed by atoms with Crippen molar-refractivity contribution in [3.8, 4) is 0 Å². The maximum absolute atomic E-state index is 14.0. The Morgan fingerprint density at radius 2 is 1.78 bits per heavy atom. The summed E-state index contributed by atoms with van der Waals surface area (Å²) in [7, 11) is 3.82. The van der Waals surface area contributed by atoms with Crippen LogP contribution in [-0.4, -0.2) is 90.8 Å².